The smallest absolute Gasteiger partial charge is 0.181 e. The number of nitrogens with one attached hydrogen (secondary N) is 1. The predicted molar refractivity (Wildman–Crippen MR) is 77.0 cm³/mol. The molecule has 6 nitrogen and oxygen atoms in total. The van der Waals surface area contributed by atoms with Crippen LogP contribution < -0.4 is 5.32 Å². The van der Waals surface area contributed by atoms with Crippen LogP contribution in [0.2, 0.25) is 0 Å². The summed E-state index contributed by atoms with van der Waals surface area (Å²) < 4.78 is 3.70. The van der Waals surface area contributed by atoms with Crippen LogP contribution in [0.3, 0.4) is 0 Å². The normalized spacial score (nSPS) is 10.7. The number of anilines is 1. The van der Waals surface area contributed by atoms with Crippen molar-refractivity contribution in [3.05, 3.63) is 48.8 Å². The first-order chi connectivity index (χ1) is 9.72. The fraction of sp³-hybridized carbons (Fsp3) is 0.214. The van der Waals surface area contributed by atoms with Crippen molar-refractivity contribution in [1.82, 2.24) is 24.3 Å². The first-order valence-corrected chi connectivity index (χ1v) is 6.37. The lowest BCUT2D eigenvalue weighted by Gasteiger charge is -2.07. The predicted octanol–water partition coefficient (Wildman–Crippen LogP) is 1.83. The molecular formula is C14H16N6. The van der Waals surface area contributed by atoms with Gasteiger partial charge in [0.1, 0.15) is 6.33 Å². The van der Waals surface area contributed by atoms with E-state index in [0.717, 1.165) is 29.3 Å². The summed E-state index contributed by atoms with van der Waals surface area (Å²) in [6, 6.07) is 8.09. The molecule has 0 amide bonds. The highest BCUT2D eigenvalue weighted by Gasteiger charge is 2.03. The van der Waals surface area contributed by atoms with E-state index in [1.807, 2.05) is 49.1 Å². The number of rotatable bonds is 4. The Hall–Kier alpha value is -2.63. The maximum Gasteiger partial charge on any atom is 0.181 e. The number of hydrogen-bond donors (Lipinski definition) is 1. The van der Waals surface area contributed by atoms with Crippen molar-refractivity contribution in [2.24, 2.45) is 14.1 Å². The number of imidazole rings is 1. The van der Waals surface area contributed by atoms with E-state index in [1.165, 1.54) is 0 Å². The lowest BCUT2D eigenvalue weighted by atomic mass is 10.2. The second-order valence-electron chi connectivity index (χ2n) is 4.67. The van der Waals surface area contributed by atoms with Crippen LogP contribution in [0.5, 0.6) is 0 Å². The van der Waals surface area contributed by atoms with Crippen LogP contribution in [0.1, 0.15) is 5.69 Å². The van der Waals surface area contributed by atoms with E-state index in [1.54, 1.807) is 17.3 Å². The minimum atomic E-state index is 0.741. The molecule has 0 aliphatic carbocycles. The van der Waals surface area contributed by atoms with Gasteiger partial charge >= 0.3 is 0 Å². The average molecular weight is 268 g/mol. The zero-order valence-electron chi connectivity index (χ0n) is 11.5. The van der Waals surface area contributed by atoms with E-state index >= 15 is 0 Å². The number of hydrogen-bond acceptors (Lipinski definition) is 4. The summed E-state index contributed by atoms with van der Waals surface area (Å²) >= 11 is 0. The summed E-state index contributed by atoms with van der Waals surface area (Å²) in [7, 11) is 3.85. The van der Waals surface area contributed by atoms with Crippen LogP contribution in [0.15, 0.2) is 43.1 Å². The van der Waals surface area contributed by atoms with Gasteiger partial charge in [0.25, 0.3) is 0 Å². The molecule has 0 atom stereocenters. The monoisotopic (exact) mass is 268 g/mol. The fourth-order valence-corrected chi connectivity index (χ4v) is 1.96. The number of nitrogens with zero attached hydrogens (tertiary/aromatic N) is 5. The van der Waals surface area contributed by atoms with Crippen LogP contribution in [0.25, 0.3) is 11.4 Å². The number of aromatic nitrogens is 5. The Bertz CT molecular complexity index is 695. The Morgan fingerprint density at radius 2 is 1.90 bits per heavy atom. The van der Waals surface area contributed by atoms with Gasteiger partial charge in [-0.1, -0.05) is 0 Å². The molecule has 0 fully saturated rings. The highest BCUT2D eigenvalue weighted by molar-refractivity contribution is 5.59. The van der Waals surface area contributed by atoms with Crippen LogP contribution in [0.4, 0.5) is 5.69 Å². The van der Waals surface area contributed by atoms with Crippen molar-refractivity contribution in [2.45, 2.75) is 6.54 Å². The van der Waals surface area contributed by atoms with E-state index in [2.05, 4.69) is 20.4 Å². The summed E-state index contributed by atoms with van der Waals surface area (Å²) in [4.78, 5) is 8.33. The van der Waals surface area contributed by atoms with Gasteiger partial charge in [-0.25, -0.2) is 9.97 Å². The van der Waals surface area contributed by atoms with Crippen molar-refractivity contribution < 1.29 is 0 Å². The first kappa shape index (κ1) is 12.4. The summed E-state index contributed by atoms with van der Waals surface area (Å²) in [6.45, 7) is 0.748. The molecule has 0 spiro atoms. The molecule has 6 heteroatoms. The fourth-order valence-electron chi connectivity index (χ4n) is 1.96. The Morgan fingerprint density at radius 3 is 2.50 bits per heavy atom. The number of aryl methyl sites for hydroxylation is 2. The van der Waals surface area contributed by atoms with Gasteiger partial charge in [0.2, 0.25) is 0 Å². The number of benzene rings is 1. The van der Waals surface area contributed by atoms with E-state index in [-0.39, 0.29) is 0 Å². The highest BCUT2D eigenvalue weighted by Crippen LogP contribution is 2.17. The third-order valence-corrected chi connectivity index (χ3v) is 3.13. The summed E-state index contributed by atoms with van der Waals surface area (Å²) in [5.41, 5.74) is 3.21. The van der Waals surface area contributed by atoms with E-state index in [9.17, 15) is 0 Å². The molecule has 3 aromatic rings. The molecule has 1 N–H and O–H groups in total. The lowest BCUT2D eigenvalue weighted by molar-refractivity contribution is 0.768. The topological polar surface area (TPSA) is 60.6 Å². The summed E-state index contributed by atoms with van der Waals surface area (Å²) in [5.74, 6) is 0.741. The van der Waals surface area contributed by atoms with Crippen molar-refractivity contribution in [1.29, 1.82) is 0 Å². The molecule has 0 aliphatic heterocycles. The Kier molecular flexibility index (Phi) is 3.20. The van der Waals surface area contributed by atoms with E-state index in [0.29, 0.717) is 0 Å². The van der Waals surface area contributed by atoms with Gasteiger partial charge in [-0.15, -0.1) is 0 Å². The molecule has 3 rings (SSSR count). The second kappa shape index (κ2) is 5.16. The largest absolute Gasteiger partial charge is 0.379 e. The minimum absolute atomic E-state index is 0.741. The summed E-state index contributed by atoms with van der Waals surface area (Å²) in [6.07, 6.45) is 5.36. The quantitative estimate of drug-likeness (QED) is 0.784. The molecule has 0 saturated carbocycles. The van der Waals surface area contributed by atoms with Gasteiger partial charge in [-0.2, -0.15) is 5.10 Å². The Labute approximate surface area is 117 Å². The van der Waals surface area contributed by atoms with Gasteiger partial charge in [0, 0.05) is 31.5 Å². The van der Waals surface area contributed by atoms with E-state index < -0.39 is 0 Å². The Morgan fingerprint density at radius 1 is 1.10 bits per heavy atom. The van der Waals surface area contributed by atoms with Crippen molar-refractivity contribution >= 4 is 5.69 Å². The maximum absolute atomic E-state index is 4.28. The Balaban J connectivity index is 1.69. The van der Waals surface area contributed by atoms with Gasteiger partial charge in [-0.3, -0.25) is 4.68 Å². The molecule has 0 unspecified atom stereocenters. The van der Waals surface area contributed by atoms with Gasteiger partial charge < -0.3 is 9.88 Å². The van der Waals surface area contributed by atoms with Crippen molar-refractivity contribution in [3.63, 3.8) is 0 Å². The van der Waals surface area contributed by atoms with Crippen LogP contribution in [0, 0.1) is 0 Å². The maximum atomic E-state index is 4.28. The molecule has 1 aromatic carbocycles. The molecule has 0 bridgehead atoms. The SMILES string of the molecule is Cn1cnc(-c2ccc(NCc3cncn3C)cc2)n1. The molecule has 20 heavy (non-hydrogen) atoms. The zero-order valence-corrected chi connectivity index (χ0v) is 11.5. The third-order valence-electron chi connectivity index (χ3n) is 3.13. The van der Waals surface area contributed by atoms with Crippen LogP contribution >= 0.6 is 0 Å². The second-order valence-corrected chi connectivity index (χ2v) is 4.67. The molecule has 0 radical (unpaired) electrons. The van der Waals surface area contributed by atoms with Crippen LogP contribution in [-0.4, -0.2) is 24.3 Å². The van der Waals surface area contributed by atoms with Gasteiger partial charge in [0.15, 0.2) is 5.82 Å². The summed E-state index contributed by atoms with van der Waals surface area (Å²) in [5, 5.41) is 7.65. The standard InChI is InChI=1S/C14H16N6/c1-19-9-15-7-13(19)8-16-12-5-3-11(4-6-12)14-17-10-20(2)18-14/h3-7,9-10,16H,8H2,1-2H3. The average Bonchev–Trinajstić information content (AvgIpc) is 3.06. The third kappa shape index (κ3) is 2.54. The van der Waals surface area contributed by atoms with Crippen molar-refractivity contribution in [2.75, 3.05) is 5.32 Å². The molecule has 0 aliphatic rings. The van der Waals surface area contributed by atoms with Crippen LogP contribution in [-0.2, 0) is 20.6 Å². The van der Waals surface area contributed by atoms with Gasteiger partial charge in [0.05, 0.1) is 18.6 Å². The zero-order chi connectivity index (χ0) is 13.9. The minimum Gasteiger partial charge on any atom is -0.379 e. The molecule has 2 heterocycles. The molecule has 0 saturated heterocycles. The lowest BCUT2D eigenvalue weighted by Crippen LogP contribution is -2.03. The first-order valence-electron chi connectivity index (χ1n) is 6.37. The highest BCUT2D eigenvalue weighted by atomic mass is 15.3. The molecule has 102 valence electrons. The molecule has 2 aromatic heterocycles. The van der Waals surface area contributed by atoms with E-state index in [4.69, 9.17) is 0 Å². The van der Waals surface area contributed by atoms with Crippen molar-refractivity contribution in [3.8, 4) is 11.4 Å². The van der Waals surface area contributed by atoms with Gasteiger partial charge in [-0.05, 0) is 24.3 Å². The molecular weight excluding hydrogens is 252 g/mol.